The molecule has 0 saturated carbocycles. The average Bonchev–Trinajstić information content (AvgIpc) is 3.46. The van der Waals surface area contributed by atoms with Crippen LogP contribution in [0.2, 0.25) is 0 Å². The number of carboxylic acids is 1. The number of likely N-dealkylation sites (tertiary alicyclic amines) is 1. The Kier molecular flexibility index (Phi) is 17.2. The van der Waals surface area contributed by atoms with Gasteiger partial charge in [-0.2, -0.15) is 13.2 Å². The predicted octanol–water partition coefficient (Wildman–Crippen LogP) is -1.27. The van der Waals surface area contributed by atoms with Crippen LogP contribution in [0.1, 0.15) is 66.7 Å². The van der Waals surface area contributed by atoms with Gasteiger partial charge in [-0.1, -0.05) is 34.1 Å². The van der Waals surface area contributed by atoms with Crippen molar-refractivity contribution in [1.29, 1.82) is 0 Å². The number of nitrogens with zero attached hydrogens (tertiary/aromatic N) is 3. The number of aliphatic imine (C=N–C) groups is 1. The number of primary amides is 1. The Labute approximate surface area is 265 Å². The maximum Gasteiger partial charge on any atom is 0.490 e. The van der Waals surface area contributed by atoms with Gasteiger partial charge in [0.05, 0.1) is 12.1 Å². The molecule has 0 radical (unpaired) electrons. The lowest BCUT2D eigenvalue weighted by molar-refractivity contribution is -0.192. The number of guanidine groups is 1. The number of rotatable bonds is 14. The first-order chi connectivity index (χ1) is 21.1. The number of carboxylic acid groups (broad SMARTS) is 1. The van der Waals surface area contributed by atoms with E-state index >= 15 is 0 Å². The molecular formula is C27H48F3N9O7. The summed E-state index contributed by atoms with van der Waals surface area (Å²) >= 11 is 0. The van der Waals surface area contributed by atoms with Crippen molar-refractivity contribution in [3.63, 3.8) is 0 Å². The molecule has 1 fully saturated rings. The number of imide groups is 1. The molecule has 1 heterocycles. The highest BCUT2D eigenvalue weighted by Crippen LogP contribution is 2.25. The summed E-state index contributed by atoms with van der Waals surface area (Å²) < 4.78 is 31.7. The molecule has 1 aliphatic rings. The Morgan fingerprint density at radius 2 is 1.57 bits per heavy atom. The Morgan fingerprint density at radius 1 is 1.02 bits per heavy atom. The van der Waals surface area contributed by atoms with Crippen LogP contribution in [-0.2, 0) is 28.8 Å². The number of carbonyl (C=O) groups is 6. The number of nitrogens with two attached hydrogens (primary N) is 5. The summed E-state index contributed by atoms with van der Waals surface area (Å²) in [5, 5.41) is 9.65. The van der Waals surface area contributed by atoms with Crippen LogP contribution in [0.3, 0.4) is 0 Å². The summed E-state index contributed by atoms with van der Waals surface area (Å²) in [5.74, 6) is -6.90. The second-order valence-corrected chi connectivity index (χ2v) is 11.3. The lowest BCUT2D eigenvalue weighted by Crippen LogP contribution is -2.63. The van der Waals surface area contributed by atoms with Crippen LogP contribution < -0.4 is 34.0 Å². The summed E-state index contributed by atoms with van der Waals surface area (Å²) in [5.41, 5.74) is 28.4. The average molecular weight is 668 g/mol. The molecule has 1 rings (SSSR count). The lowest BCUT2D eigenvalue weighted by Gasteiger charge is -2.38. The third-order valence-corrected chi connectivity index (χ3v) is 7.33. The number of aliphatic carboxylic acids is 1. The first kappa shape index (κ1) is 42.0. The maximum atomic E-state index is 14.0. The van der Waals surface area contributed by atoms with E-state index in [-0.39, 0.29) is 31.4 Å². The number of alkyl halides is 3. The molecule has 0 aromatic rings. The van der Waals surface area contributed by atoms with E-state index < -0.39 is 77.8 Å². The summed E-state index contributed by atoms with van der Waals surface area (Å²) in [6.45, 7) is 8.99. The monoisotopic (exact) mass is 667 g/mol. The minimum absolute atomic E-state index is 0.0916. The van der Waals surface area contributed by atoms with Crippen LogP contribution in [-0.4, -0.2) is 106 Å². The SMILES string of the molecule is CC[C@H](C)[C@H](N)C(=O)N(C(=O)[C@@H](N)CCCN=C(N)N)[C@H](C(=O)N1CCC[C@H]1C(=O)N[C@@H](C)C(N)=O)C(C)C.O=C(O)C(F)(F)F. The molecule has 0 aromatic carbocycles. The normalized spacial score (nSPS) is 17.8. The van der Waals surface area contributed by atoms with Gasteiger partial charge in [-0.25, -0.2) is 4.79 Å². The maximum absolute atomic E-state index is 14.0. The minimum Gasteiger partial charge on any atom is -0.475 e. The summed E-state index contributed by atoms with van der Waals surface area (Å²) in [7, 11) is 0. The van der Waals surface area contributed by atoms with E-state index in [1.807, 2.05) is 6.92 Å². The quantitative estimate of drug-likeness (QED) is 0.0651. The zero-order chi connectivity index (χ0) is 36.1. The molecule has 46 heavy (non-hydrogen) atoms. The topological polar surface area (TPSA) is 284 Å². The molecule has 0 bridgehead atoms. The first-order valence-electron chi connectivity index (χ1n) is 14.7. The van der Waals surface area contributed by atoms with E-state index in [9.17, 15) is 37.1 Å². The highest BCUT2D eigenvalue weighted by Gasteiger charge is 2.46. The van der Waals surface area contributed by atoms with Gasteiger partial charge in [-0.15, -0.1) is 0 Å². The van der Waals surface area contributed by atoms with Crippen molar-refractivity contribution < 1.29 is 47.0 Å². The second-order valence-electron chi connectivity index (χ2n) is 11.3. The number of hydrogen-bond donors (Lipinski definition) is 7. The van der Waals surface area contributed by atoms with Crippen molar-refractivity contribution in [2.24, 2.45) is 45.5 Å². The Bertz CT molecular complexity index is 1120. The standard InChI is InChI=1S/C25H47N9O5.C2HF3O2/c1-6-14(4)18(27)23(38)34(22(37)16(26)9-7-11-31-25(29)30)19(13(2)3)24(39)33-12-8-10-17(33)21(36)32-15(5)20(28)35;3-2(4,5)1(6)7/h13-19H,6-12,26-27H2,1-5H3,(H2,28,35)(H,32,36)(H4,29,30,31);(H,6,7)/t14-,15-,16-,17-,18-,19-;/m0./s1. The molecule has 12 N–H and O–H groups in total. The number of amides is 5. The lowest BCUT2D eigenvalue weighted by atomic mass is 9.94. The van der Waals surface area contributed by atoms with Gasteiger partial charge in [0.25, 0.3) is 0 Å². The van der Waals surface area contributed by atoms with Crippen LogP contribution in [0, 0.1) is 11.8 Å². The van der Waals surface area contributed by atoms with Crippen LogP contribution in [0.4, 0.5) is 13.2 Å². The van der Waals surface area contributed by atoms with Crippen LogP contribution >= 0.6 is 0 Å². The summed E-state index contributed by atoms with van der Waals surface area (Å²) in [6, 6.07) is -5.22. The number of nitrogens with one attached hydrogen (secondary N) is 1. The van der Waals surface area contributed by atoms with Gasteiger partial charge < -0.3 is 44.0 Å². The van der Waals surface area contributed by atoms with Crippen molar-refractivity contribution in [3.8, 4) is 0 Å². The van der Waals surface area contributed by atoms with E-state index in [4.69, 9.17) is 38.6 Å². The Morgan fingerprint density at radius 3 is 2.00 bits per heavy atom. The molecule has 0 aromatic heterocycles. The van der Waals surface area contributed by atoms with E-state index in [1.165, 1.54) is 11.8 Å². The van der Waals surface area contributed by atoms with Crippen molar-refractivity contribution in [3.05, 3.63) is 0 Å². The molecule has 1 saturated heterocycles. The van der Waals surface area contributed by atoms with Crippen LogP contribution in [0.25, 0.3) is 0 Å². The van der Waals surface area contributed by atoms with Crippen molar-refractivity contribution >= 4 is 41.5 Å². The van der Waals surface area contributed by atoms with Gasteiger partial charge in [0, 0.05) is 13.1 Å². The van der Waals surface area contributed by atoms with E-state index in [2.05, 4.69) is 10.3 Å². The Balaban J connectivity index is 0.00000258. The van der Waals surface area contributed by atoms with Gasteiger partial charge in [-0.3, -0.25) is 33.9 Å². The van der Waals surface area contributed by atoms with Crippen LogP contribution in [0.5, 0.6) is 0 Å². The van der Waals surface area contributed by atoms with Crippen molar-refractivity contribution in [2.75, 3.05) is 13.1 Å². The zero-order valence-electron chi connectivity index (χ0n) is 26.8. The van der Waals surface area contributed by atoms with E-state index in [0.717, 1.165) is 4.90 Å². The largest absolute Gasteiger partial charge is 0.490 e. The number of carbonyl (C=O) groups excluding carboxylic acids is 5. The van der Waals surface area contributed by atoms with Gasteiger partial charge >= 0.3 is 12.1 Å². The predicted molar refractivity (Wildman–Crippen MR) is 161 cm³/mol. The minimum atomic E-state index is -5.08. The zero-order valence-corrected chi connectivity index (χ0v) is 26.8. The van der Waals surface area contributed by atoms with Crippen LogP contribution in [0.15, 0.2) is 4.99 Å². The molecule has 5 amide bonds. The third kappa shape index (κ3) is 12.8. The summed E-state index contributed by atoms with van der Waals surface area (Å²) in [4.78, 5) is 80.7. The Hall–Kier alpha value is -4.00. The number of halogens is 3. The molecule has 1 aliphatic heterocycles. The van der Waals surface area contributed by atoms with Gasteiger partial charge in [0.15, 0.2) is 5.96 Å². The summed E-state index contributed by atoms with van der Waals surface area (Å²) in [6.07, 6.45) is -3.09. The fourth-order valence-corrected chi connectivity index (χ4v) is 4.41. The van der Waals surface area contributed by atoms with Gasteiger partial charge in [-0.05, 0) is 44.4 Å². The van der Waals surface area contributed by atoms with E-state index in [0.29, 0.717) is 25.7 Å². The smallest absolute Gasteiger partial charge is 0.475 e. The van der Waals surface area contributed by atoms with Crippen molar-refractivity contribution in [1.82, 2.24) is 15.1 Å². The third-order valence-electron chi connectivity index (χ3n) is 7.33. The molecule has 0 unspecified atom stereocenters. The highest BCUT2D eigenvalue weighted by atomic mass is 19.4. The van der Waals surface area contributed by atoms with E-state index in [1.54, 1.807) is 20.8 Å². The fraction of sp³-hybridized carbons (Fsp3) is 0.741. The first-order valence-corrected chi connectivity index (χ1v) is 14.7. The van der Waals surface area contributed by atoms with Gasteiger partial charge in [0.2, 0.25) is 29.5 Å². The van der Waals surface area contributed by atoms with Crippen molar-refractivity contribution in [2.45, 2.75) is 103 Å². The second kappa shape index (κ2) is 18.8. The molecule has 264 valence electrons. The molecule has 6 atom stereocenters. The molecule has 19 heteroatoms. The number of hydrogen-bond acceptors (Lipinski definition) is 9. The highest BCUT2D eigenvalue weighted by molar-refractivity contribution is 6.05. The fourth-order valence-electron chi connectivity index (χ4n) is 4.41. The van der Waals surface area contributed by atoms with Gasteiger partial charge in [0.1, 0.15) is 18.1 Å². The molecule has 0 aliphatic carbocycles. The molecular weight excluding hydrogens is 619 g/mol. The molecule has 16 nitrogen and oxygen atoms in total. The molecule has 0 spiro atoms.